The lowest BCUT2D eigenvalue weighted by molar-refractivity contribution is -0.385. The summed E-state index contributed by atoms with van der Waals surface area (Å²) in [4.78, 5) is 22.8. The van der Waals surface area contributed by atoms with Crippen molar-refractivity contribution in [3.63, 3.8) is 0 Å². The molecule has 0 aliphatic carbocycles. The summed E-state index contributed by atoms with van der Waals surface area (Å²) >= 11 is 0. The van der Waals surface area contributed by atoms with Gasteiger partial charge >= 0.3 is 0 Å². The fraction of sp³-hybridized carbons (Fsp3) is 0.278. The summed E-state index contributed by atoms with van der Waals surface area (Å²) < 4.78 is 13.6. The molecule has 0 saturated carbocycles. The van der Waals surface area contributed by atoms with E-state index in [1.165, 1.54) is 6.92 Å². The molecule has 2 unspecified atom stereocenters. The van der Waals surface area contributed by atoms with E-state index in [-0.39, 0.29) is 11.1 Å². The second-order valence-electron chi connectivity index (χ2n) is 5.90. The highest BCUT2D eigenvalue weighted by Gasteiger charge is 2.26. The Morgan fingerprint density at radius 2 is 1.96 bits per heavy atom. The Morgan fingerprint density at radius 3 is 2.56 bits per heavy atom. The smallest absolute Gasteiger partial charge is 0.285 e. The molecule has 0 aromatic heterocycles. The Hall–Kier alpha value is -2.80. The van der Waals surface area contributed by atoms with Crippen molar-refractivity contribution in [3.05, 3.63) is 75.1 Å². The maximum atomic E-state index is 13.6. The summed E-state index contributed by atoms with van der Waals surface area (Å²) in [5.41, 5.74) is 0.154. The number of carbonyl (C=O) groups is 1. The van der Waals surface area contributed by atoms with E-state index in [4.69, 9.17) is 0 Å². The zero-order valence-electron chi connectivity index (χ0n) is 13.9. The lowest BCUT2D eigenvalue weighted by Gasteiger charge is -2.20. The van der Waals surface area contributed by atoms with Crippen molar-refractivity contribution in [1.29, 1.82) is 0 Å². The number of hydrogen-bond donors (Lipinski definition) is 2. The molecule has 2 N–H and O–H groups in total. The molecule has 2 atom stereocenters. The first-order chi connectivity index (χ1) is 11.8. The van der Waals surface area contributed by atoms with Gasteiger partial charge in [-0.3, -0.25) is 14.9 Å². The lowest BCUT2D eigenvalue weighted by Crippen LogP contribution is -2.42. The highest BCUT2D eigenvalue weighted by molar-refractivity contribution is 5.98. The summed E-state index contributed by atoms with van der Waals surface area (Å²) in [6.45, 7) is 2.95. The zero-order chi connectivity index (χ0) is 18.6. The average molecular weight is 346 g/mol. The standard InChI is InChI=1S/C18H19FN2O4/c1-11-8-14(19)10-15(17(11)21(24)25)18(23)20-12(2)16(22)9-13-6-4-3-5-7-13/h3-8,10,12,16,22H,9H2,1-2H3,(H,20,23). The Labute approximate surface area is 144 Å². The van der Waals surface area contributed by atoms with Crippen LogP contribution in [-0.2, 0) is 6.42 Å². The first-order valence-electron chi connectivity index (χ1n) is 7.77. The average Bonchev–Trinajstić information content (AvgIpc) is 2.54. The number of amides is 1. The molecule has 2 aromatic carbocycles. The maximum absolute atomic E-state index is 13.6. The van der Waals surface area contributed by atoms with Crippen LogP contribution in [0.4, 0.5) is 10.1 Å². The summed E-state index contributed by atoms with van der Waals surface area (Å²) in [5, 5.41) is 23.9. The topological polar surface area (TPSA) is 92.5 Å². The molecule has 0 aliphatic rings. The number of nitrogens with zero attached hydrogens (tertiary/aromatic N) is 1. The lowest BCUT2D eigenvalue weighted by atomic mass is 10.0. The number of nitro groups is 1. The number of nitrogens with one attached hydrogen (secondary N) is 1. The van der Waals surface area contributed by atoms with E-state index in [2.05, 4.69) is 5.32 Å². The Bertz CT molecular complexity index is 780. The molecule has 0 radical (unpaired) electrons. The van der Waals surface area contributed by atoms with Gasteiger partial charge < -0.3 is 10.4 Å². The molecule has 2 aromatic rings. The van der Waals surface area contributed by atoms with Gasteiger partial charge in [-0.15, -0.1) is 0 Å². The number of aryl methyl sites for hydroxylation is 1. The van der Waals surface area contributed by atoms with Gasteiger partial charge in [0.1, 0.15) is 11.4 Å². The van der Waals surface area contributed by atoms with E-state index in [0.717, 1.165) is 17.7 Å². The SMILES string of the molecule is Cc1cc(F)cc(C(=O)NC(C)C(O)Cc2ccccc2)c1[N+](=O)[O-]. The van der Waals surface area contributed by atoms with Crippen molar-refractivity contribution >= 4 is 11.6 Å². The van der Waals surface area contributed by atoms with Gasteiger partial charge in [0.2, 0.25) is 0 Å². The number of halogens is 1. The minimum absolute atomic E-state index is 0.0626. The minimum atomic E-state index is -0.889. The molecular weight excluding hydrogens is 327 g/mol. The van der Waals surface area contributed by atoms with Crippen molar-refractivity contribution in [2.24, 2.45) is 0 Å². The number of rotatable bonds is 6. The molecular formula is C18H19FN2O4. The highest BCUT2D eigenvalue weighted by Crippen LogP contribution is 2.25. The second kappa shape index (κ2) is 7.85. The number of aliphatic hydroxyl groups is 1. The van der Waals surface area contributed by atoms with Crippen LogP contribution in [0.2, 0.25) is 0 Å². The predicted molar refractivity (Wildman–Crippen MR) is 90.9 cm³/mol. The van der Waals surface area contributed by atoms with Crippen LogP contribution in [-0.4, -0.2) is 28.1 Å². The van der Waals surface area contributed by atoms with Gasteiger partial charge in [0, 0.05) is 12.0 Å². The van der Waals surface area contributed by atoms with Crippen LogP contribution in [0.15, 0.2) is 42.5 Å². The van der Waals surface area contributed by atoms with Gasteiger partial charge in [-0.25, -0.2) is 4.39 Å². The van der Waals surface area contributed by atoms with Crippen LogP contribution < -0.4 is 5.32 Å². The predicted octanol–water partition coefficient (Wildman–Crippen LogP) is 2.76. The van der Waals surface area contributed by atoms with E-state index in [1.807, 2.05) is 30.3 Å². The molecule has 0 aliphatic heterocycles. The third-order valence-corrected chi connectivity index (χ3v) is 3.92. The van der Waals surface area contributed by atoms with E-state index in [1.54, 1.807) is 6.92 Å². The maximum Gasteiger partial charge on any atom is 0.285 e. The van der Waals surface area contributed by atoms with E-state index < -0.39 is 34.5 Å². The Balaban J connectivity index is 2.15. The molecule has 2 rings (SSSR count). The van der Waals surface area contributed by atoms with Crippen LogP contribution in [0.5, 0.6) is 0 Å². The van der Waals surface area contributed by atoms with Crippen molar-refractivity contribution in [2.75, 3.05) is 0 Å². The van der Waals surface area contributed by atoms with Gasteiger partial charge in [-0.1, -0.05) is 30.3 Å². The number of carbonyl (C=O) groups excluding carboxylic acids is 1. The van der Waals surface area contributed by atoms with E-state index in [0.29, 0.717) is 6.42 Å². The number of nitro benzene ring substituents is 1. The summed E-state index contributed by atoms with van der Waals surface area (Å²) in [7, 11) is 0. The molecule has 25 heavy (non-hydrogen) atoms. The van der Waals surface area contributed by atoms with Crippen molar-refractivity contribution < 1.29 is 19.2 Å². The summed E-state index contributed by atoms with van der Waals surface area (Å²) in [6.07, 6.45) is -0.577. The van der Waals surface area contributed by atoms with Crippen LogP contribution in [0, 0.1) is 22.9 Å². The Kier molecular flexibility index (Phi) is 5.82. The van der Waals surface area contributed by atoms with Crippen molar-refractivity contribution in [2.45, 2.75) is 32.4 Å². The van der Waals surface area contributed by atoms with Crippen molar-refractivity contribution in [3.8, 4) is 0 Å². The molecule has 132 valence electrons. The molecule has 0 spiro atoms. The number of hydrogen-bond acceptors (Lipinski definition) is 4. The zero-order valence-corrected chi connectivity index (χ0v) is 13.9. The summed E-state index contributed by atoms with van der Waals surface area (Å²) in [6, 6.07) is 10.4. The number of benzene rings is 2. The quantitative estimate of drug-likeness (QED) is 0.621. The highest BCUT2D eigenvalue weighted by atomic mass is 19.1. The first-order valence-corrected chi connectivity index (χ1v) is 7.77. The van der Waals surface area contributed by atoms with Gasteiger partial charge in [0.05, 0.1) is 17.1 Å². The molecule has 1 amide bonds. The van der Waals surface area contributed by atoms with Gasteiger partial charge in [0.15, 0.2) is 0 Å². The summed E-state index contributed by atoms with van der Waals surface area (Å²) in [5.74, 6) is -1.53. The van der Waals surface area contributed by atoms with Gasteiger partial charge in [0.25, 0.3) is 11.6 Å². The fourth-order valence-corrected chi connectivity index (χ4v) is 2.56. The van der Waals surface area contributed by atoms with Crippen LogP contribution in [0.3, 0.4) is 0 Å². The van der Waals surface area contributed by atoms with Gasteiger partial charge in [-0.2, -0.15) is 0 Å². The Morgan fingerprint density at radius 1 is 1.32 bits per heavy atom. The van der Waals surface area contributed by atoms with Gasteiger partial charge in [-0.05, 0) is 31.5 Å². The van der Waals surface area contributed by atoms with Crippen LogP contribution in [0.25, 0.3) is 0 Å². The fourth-order valence-electron chi connectivity index (χ4n) is 2.56. The van der Waals surface area contributed by atoms with Crippen LogP contribution >= 0.6 is 0 Å². The largest absolute Gasteiger partial charge is 0.391 e. The molecule has 7 heteroatoms. The van der Waals surface area contributed by atoms with E-state index in [9.17, 15) is 24.4 Å². The molecule has 0 bridgehead atoms. The number of aliphatic hydroxyl groups excluding tert-OH is 1. The normalized spacial score (nSPS) is 13.1. The molecule has 0 fully saturated rings. The van der Waals surface area contributed by atoms with Crippen LogP contribution in [0.1, 0.15) is 28.4 Å². The monoisotopic (exact) mass is 346 g/mol. The third kappa shape index (κ3) is 4.60. The third-order valence-electron chi connectivity index (χ3n) is 3.92. The molecule has 0 heterocycles. The minimum Gasteiger partial charge on any atom is -0.391 e. The van der Waals surface area contributed by atoms with E-state index >= 15 is 0 Å². The first kappa shape index (κ1) is 18.5. The second-order valence-corrected chi connectivity index (χ2v) is 5.90. The molecule has 6 nitrogen and oxygen atoms in total. The molecule has 0 saturated heterocycles. The van der Waals surface area contributed by atoms with Crippen molar-refractivity contribution in [1.82, 2.24) is 5.32 Å².